The van der Waals surface area contributed by atoms with Crippen molar-refractivity contribution in [3.8, 4) is 6.07 Å². The van der Waals surface area contributed by atoms with Gasteiger partial charge in [0.2, 0.25) is 0 Å². The van der Waals surface area contributed by atoms with Crippen molar-refractivity contribution in [3.05, 3.63) is 30.3 Å². The predicted molar refractivity (Wildman–Crippen MR) is 82.1 cm³/mol. The maximum atomic E-state index is 9.80. The van der Waals surface area contributed by atoms with Gasteiger partial charge in [-0.05, 0) is 42.2 Å². The first kappa shape index (κ1) is 14.5. The summed E-state index contributed by atoms with van der Waals surface area (Å²) in [5.74, 6) is 0. The molecule has 0 aliphatic heterocycles. The molecule has 0 spiro atoms. The second-order valence-corrected chi connectivity index (χ2v) is 8.84. The molecule has 0 aromatic heterocycles. The summed E-state index contributed by atoms with van der Waals surface area (Å²) in [6.07, 6.45) is 3.14. The topological polar surface area (TPSA) is 23.8 Å². The fraction of sp³-hybridized carbons (Fsp3) is 0.588. The van der Waals surface area contributed by atoms with Gasteiger partial charge in [0.15, 0.2) is 0 Å². The van der Waals surface area contributed by atoms with E-state index in [0.29, 0.717) is 0 Å². The standard InChI is InChI=1S/C17H23NS/c1-15(2)10-16(3,4)12-17(11-15,13-18)19-14-8-6-5-7-9-14/h5-9H,10-12H2,1-4H3. The summed E-state index contributed by atoms with van der Waals surface area (Å²) < 4.78 is -0.285. The molecule has 1 saturated carbocycles. The van der Waals surface area contributed by atoms with Gasteiger partial charge in [-0.3, -0.25) is 0 Å². The van der Waals surface area contributed by atoms with Crippen LogP contribution in [0.1, 0.15) is 47.0 Å². The Labute approximate surface area is 121 Å². The summed E-state index contributed by atoms with van der Waals surface area (Å²) in [6, 6.07) is 13.0. The molecule has 1 aliphatic carbocycles. The van der Waals surface area contributed by atoms with Gasteiger partial charge in [0.25, 0.3) is 0 Å². The Hall–Kier alpha value is -0.940. The molecular formula is C17H23NS. The first-order valence-corrected chi connectivity index (χ1v) is 7.73. The first-order chi connectivity index (χ1) is 8.76. The molecule has 0 atom stereocenters. The zero-order chi connectivity index (χ0) is 14.1. The lowest BCUT2D eigenvalue weighted by Gasteiger charge is -2.48. The number of nitriles is 1. The summed E-state index contributed by atoms with van der Waals surface area (Å²) in [6.45, 7) is 9.19. The average molecular weight is 273 g/mol. The largest absolute Gasteiger partial charge is 0.197 e. The fourth-order valence-electron chi connectivity index (χ4n) is 3.92. The van der Waals surface area contributed by atoms with Crippen molar-refractivity contribution in [2.45, 2.75) is 56.6 Å². The van der Waals surface area contributed by atoms with Gasteiger partial charge >= 0.3 is 0 Å². The molecule has 1 fully saturated rings. The lowest BCUT2D eigenvalue weighted by atomic mass is 9.61. The predicted octanol–water partition coefficient (Wildman–Crippen LogP) is 5.28. The fourth-order valence-corrected chi connectivity index (χ4v) is 5.63. The minimum Gasteiger partial charge on any atom is -0.197 e. The maximum absolute atomic E-state index is 9.80. The number of thioether (sulfide) groups is 1. The van der Waals surface area contributed by atoms with Crippen molar-refractivity contribution in [2.24, 2.45) is 10.8 Å². The lowest BCUT2D eigenvalue weighted by Crippen LogP contribution is -2.43. The molecular weight excluding hydrogens is 250 g/mol. The number of benzene rings is 1. The van der Waals surface area contributed by atoms with Crippen LogP contribution in [-0.4, -0.2) is 4.75 Å². The second-order valence-electron chi connectivity index (χ2n) is 7.38. The van der Waals surface area contributed by atoms with Crippen LogP contribution in [0.3, 0.4) is 0 Å². The summed E-state index contributed by atoms with van der Waals surface area (Å²) in [5.41, 5.74) is 0.471. The Kier molecular flexibility index (Phi) is 3.71. The van der Waals surface area contributed by atoms with Crippen molar-refractivity contribution in [3.63, 3.8) is 0 Å². The molecule has 0 amide bonds. The molecule has 102 valence electrons. The molecule has 0 bridgehead atoms. The van der Waals surface area contributed by atoms with E-state index in [2.05, 4.69) is 45.9 Å². The van der Waals surface area contributed by atoms with Crippen LogP contribution in [0.5, 0.6) is 0 Å². The normalized spacial score (nSPS) is 23.5. The molecule has 2 heteroatoms. The molecule has 1 nitrogen and oxygen atoms in total. The van der Waals surface area contributed by atoms with Crippen LogP contribution in [0.15, 0.2) is 35.2 Å². The molecule has 2 rings (SSSR count). The van der Waals surface area contributed by atoms with Gasteiger partial charge in [0, 0.05) is 4.90 Å². The van der Waals surface area contributed by atoms with Crippen LogP contribution in [0.25, 0.3) is 0 Å². The Morgan fingerprint density at radius 3 is 1.95 bits per heavy atom. The Balaban J connectivity index is 2.30. The Bertz CT molecular complexity index is 466. The zero-order valence-electron chi connectivity index (χ0n) is 12.4. The lowest BCUT2D eigenvalue weighted by molar-refractivity contribution is 0.102. The Morgan fingerprint density at radius 1 is 0.947 bits per heavy atom. The van der Waals surface area contributed by atoms with Crippen molar-refractivity contribution >= 4 is 11.8 Å². The molecule has 0 saturated heterocycles. The van der Waals surface area contributed by atoms with E-state index >= 15 is 0 Å². The molecule has 1 aliphatic rings. The summed E-state index contributed by atoms with van der Waals surface area (Å²) >= 11 is 1.76. The van der Waals surface area contributed by atoms with Crippen LogP contribution in [0.2, 0.25) is 0 Å². The van der Waals surface area contributed by atoms with Gasteiger partial charge in [-0.15, -0.1) is 11.8 Å². The molecule has 0 heterocycles. The van der Waals surface area contributed by atoms with Crippen molar-refractivity contribution in [1.29, 1.82) is 5.26 Å². The second kappa shape index (κ2) is 4.87. The van der Waals surface area contributed by atoms with Gasteiger partial charge in [0.1, 0.15) is 4.75 Å². The average Bonchev–Trinajstić information content (AvgIpc) is 2.26. The third-order valence-electron chi connectivity index (χ3n) is 3.75. The van der Waals surface area contributed by atoms with Crippen LogP contribution in [-0.2, 0) is 0 Å². The quantitative estimate of drug-likeness (QED) is 0.732. The van der Waals surface area contributed by atoms with E-state index in [4.69, 9.17) is 0 Å². The highest BCUT2D eigenvalue weighted by molar-refractivity contribution is 8.01. The van der Waals surface area contributed by atoms with E-state index in [0.717, 1.165) is 12.8 Å². The minimum atomic E-state index is -0.285. The number of hydrogen-bond acceptors (Lipinski definition) is 2. The van der Waals surface area contributed by atoms with E-state index in [1.165, 1.54) is 11.3 Å². The highest BCUT2D eigenvalue weighted by Gasteiger charge is 2.48. The zero-order valence-corrected chi connectivity index (χ0v) is 13.2. The molecule has 1 aromatic carbocycles. The van der Waals surface area contributed by atoms with E-state index in [1.807, 2.05) is 18.2 Å². The molecule has 19 heavy (non-hydrogen) atoms. The smallest absolute Gasteiger partial charge is 0.108 e. The Morgan fingerprint density at radius 2 is 1.47 bits per heavy atom. The van der Waals surface area contributed by atoms with Crippen molar-refractivity contribution in [2.75, 3.05) is 0 Å². The van der Waals surface area contributed by atoms with E-state index in [1.54, 1.807) is 11.8 Å². The molecule has 1 aromatic rings. The highest BCUT2D eigenvalue weighted by atomic mass is 32.2. The molecule has 0 unspecified atom stereocenters. The van der Waals surface area contributed by atoms with Crippen LogP contribution in [0.4, 0.5) is 0 Å². The number of nitrogens with zero attached hydrogens (tertiary/aromatic N) is 1. The van der Waals surface area contributed by atoms with Crippen molar-refractivity contribution in [1.82, 2.24) is 0 Å². The third kappa shape index (κ3) is 3.54. The van der Waals surface area contributed by atoms with Gasteiger partial charge in [-0.2, -0.15) is 5.26 Å². The number of rotatable bonds is 2. The minimum absolute atomic E-state index is 0.235. The molecule has 0 N–H and O–H groups in total. The summed E-state index contributed by atoms with van der Waals surface area (Å²) in [4.78, 5) is 1.21. The van der Waals surface area contributed by atoms with Gasteiger partial charge < -0.3 is 0 Å². The third-order valence-corrected chi connectivity index (χ3v) is 5.02. The monoisotopic (exact) mass is 273 g/mol. The SMILES string of the molecule is CC1(C)CC(C)(C)CC(C#N)(Sc2ccccc2)C1. The van der Waals surface area contributed by atoms with Gasteiger partial charge in [-0.1, -0.05) is 45.9 Å². The van der Waals surface area contributed by atoms with E-state index in [9.17, 15) is 5.26 Å². The molecule has 0 radical (unpaired) electrons. The van der Waals surface area contributed by atoms with Crippen molar-refractivity contribution < 1.29 is 0 Å². The maximum Gasteiger partial charge on any atom is 0.108 e. The number of hydrogen-bond donors (Lipinski definition) is 0. The summed E-state index contributed by atoms with van der Waals surface area (Å²) in [7, 11) is 0. The highest BCUT2D eigenvalue weighted by Crippen LogP contribution is 2.56. The van der Waals surface area contributed by atoms with Crippen LogP contribution >= 0.6 is 11.8 Å². The van der Waals surface area contributed by atoms with Crippen LogP contribution < -0.4 is 0 Å². The first-order valence-electron chi connectivity index (χ1n) is 6.91. The van der Waals surface area contributed by atoms with Gasteiger partial charge in [0.05, 0.1) is 6.07 Å². The van der Waals surface area contributed by atoms with E-state index < -0.39 is 0 Å². The van der Waals surface area contributed by atoms with Crippen LogP contribution in [0, 0.1) is 22.2 Å². The van der Waals surface area contributed by atoms with E-state index in [-0.39, 0.29) is 15.6 Å². The summed E-state index contributed by atoms with van der Waals surface area (Å²) in [5, 5.41) is 9.80. The van der Waals surface area contributed by atoms with Gasteiger partial charge in [-0.25, -0.2) is 0 Å².